The average molecular weight is 285 g/mol. The van der Waals surface area contributed by atoms with E-state index in [-0.39, 0.29) is 0 Å². The van der Waals surface area contributed by atoms with Gasteiger partial charge in [0.15, 0.2) is 0 Å². The Bertz CT molecular complexity index is 239. The van der Waals surface area contributed by atoms with Gasteiger partial charge in [0.2, 0.25) is 0 Å². The van der Waals surface area contributed by atoms with Crippen molar-refractivity contribution in [3.8, 4) is 0 Å². The van der Waals surface area contributed by atoms with E-state index < -0.39 is 0 Å². The van der Waals surface area contributed by atoms with E-state index in [1.807, 2.05) is 5.38 Å². The van der Waals surface area contributed by atoms with Crippen molar-refractivity contribution in [2.45, 2.75) is 0 Å². The van der Waals surface area contributed by atoms with Crippen molar-refractivity contribution in [2.75, 3.05) is 0 Å². The highest BCUT2D eigenvalue weighted by Gasteiger charge is 2.03. The van der Waals surface area contributed by atoms with Crippen molar-refractivity contribution in [1.82, 2.24) is 0 Å². The maximum atomic E-state index is 8.22. The Morgan fingerprint density at radius 3 is 2.70 bits per heavy atom. The quantitative estimate of drug-likeness (QED) is 0.480. The zero-order valence-corrected chi connectivity index (χ0v) is 8.70. The van der Waals surface area contributed by atoms with Gasteiger partial charge >= 0.3 is 0 Å². The van der Waals surface area contributed by atoms with Crippen LogP contribution in [0, 0.1) is 0 Å². The minimum atomic E-state index is 0.868. The number of hydrogen-bond acceptors (Lipinski definition) is 3. The van der Waals surface area contributed by atoms with E-state index in [4.69, 9.17) is 5.21 Å². The molecule has 1 aromatic rings. The van der Waals surface area contributed by atoms with Crippen LogP contribution in [0.1, 0.15) is 5.56 Å². The molecule has 0 aliphatic rings. The van der Waals surface area contributed by atoms with Crippen LogP contribution >= 0.6 is 43.2 Å². The number of halogens is 2. The molecule has 5 heteroatoms. The van der Waals surface area contributed by atoms with Crippen molar-refractivity contribution >= 4 is 49.4 Å². The van der Waals surface area contributed by atoms with Crippen LogP contribution in [0.15, 0.2) is 18.8 Å². The second-order valence-electron chi connectivity index (χ2n) is 1.52. The van der Waals surface area contributed by atoms with Crippen molar-refractivity contribution in [1.29, 1.82) is 0 Å². The Balaban J connectivity index is 3.10. The van der Waals surface area contributed by atoms with Gasteiger partial charge in [-0.1, -0.05) is 5.16 Å². The topological polar surface area (TPSA) is 32.6 Å². The number of oxime groups is 1. The first kappa shape index (κ1) is 8.23. The predicted molar refractivity (Wildman–Crippen MR) is 49.1 cm³/mol. The van der Waals surface area contributed by atoms with E-state index in [0.29, 0.717) is 0 Å². The normalized spacial score (nSPS) is 11.0. The monoisotopic (exact) mass is 283 g/mol. The third kappa shape index (κ3) is 1.59. The Kier molecular flexibility index (Phi) is 2.88. The zero-order valence-electron chi connectivity index (χ0n) is 4.71. The summed E-state index contributed by atoms with van der Waals surface area (Å²) in [6.07, 6.45) is 1.38. The minimum Gasteiger partial charge on any atom is -0.411 e. The molecule has 0 amide bonds. The highest BCUT2D eigenvalue weighted by Crippen LogP contribution is 2.30. The van der Waals surface area contributed by atoms with E-state index in [1.54, 1.807) is 0 Å². The van der Waals surface area contributed by atoms with Crippen molar-refractivity contribution in [2.24, 2.45) is 5.16 Å². The lowest BCUT2D eigenvalue weighted by Gasteiger charge is -1.85. The first-order valence-electron chi connectivity index (χ1n) is 2.35. The second-order valence-corrected chi connectivity index (χ2v) is 4.57. The molecule has 2 nitrogen and oxygen atoms in total. The largest absolute Gasteiger partial charge is 0.411 e. The van der Waals surface area contributed by atoms with E-state index >= 15 is 0 Å². The molecule has 1 N–H and O–H groups in total. The number of thiophene rings is 1. The van der Waals surface area contributed by atoms with Gasteiger partial charge in [-0.2, -0.15) is 0 Å². The third-order valence-corrected chi connectivity index (χ3v) is 3.65. The summed E-state index contributed by atoms with van der Waals surface area (Å²) in [5, 5.41) is 13.1. The molecule has 54 valence electrons. The van der Waals surface area contributed by atoms with Crippen LogP contribution in [-0.4, -0.2) is 11.4 Å². The number of rotatable bonds is 1. The van der Waals surface area contributed by atoms with Gasteiger partial charge in [-0.15, -0.1) is 11.3 Å². The summed E-state index contributed by atoms with van der Waals surface area (Å²) in [6, 6.07) is 0. The van der Waals surface area contributed by atoms with Gasteiger partial charge in [0.05, 0.1) is 10.0 Å². The summed E-state index contributed by atoms with van der Waals surface area (Å²) >= 11 is 8.14. The van der Waals surface area contributed by atoms with E-state index in [2.05, 4.69) is 37.0 Å². The summed E-state index contributed by atoms with van der Waals surface area (Å²) in [7, 11) is 0. The van der Waals surface area contributed by atoms with Gasteiger partial charge in [0.25, 0.3) is 0 Å². The van der Waals surface area contributed by atoms with Crippen LogP contribution in [0.25, 0.3) is 0 Å². The zero-order chi connectivity index (χ0) is 7.56. The lowest BCUT2D eigenvalue weighted by molar-refractivity contribution is 0.322. The molecule has 0 unspecified atom stereocenters. The summed E-state index contributed by atoms with van der Waals surface area (Å²) < 4.78 is 1.89. The smallest absolute Gasteiger partial charge is 0.0799 e. The molecule has 0 saturated heterocycles. The summed E-state index contributed by atoms with van der Waals surface area (Å²) in [5.41, 5.74) is 0.868. The van der Waals surface area contributed by atoms with Gasteiger partial charge in [-0.25, -0.2) is 0 Å². The fraction of sp³-hybridized carbons (Fsp3) is 0. The summed E-state index contributed by atoms with van der Waals surface area (Å²) in [4.78, 5) is 0. The number of hydrogen-bond donors (Lipinski definition) is 1. The molecule has 10 heavy (non-hydrogen) atoms. The predicted octanol–water partition coefficient (Wildman–Crippen LogP) is 3.08. The Morgan fingerprint density at radius 2 is 2.30 bits per heavy atom. The molecule has 0 bridgehead atoms. The van der Waals surface area contributed by atoms with Crippen LogP contribution in [0.3, 0.4) is 0 Å². The van der Waals surface area contributed by atoms with Crippen LogP contribution in [-0.2, 0) is 0 Å². The lowest BCUT2D eigenvalue weighted by Crippen LogP contribution is -1.76. The highest BCUT2D eigenvalue weighted by molar-refractivity contribution is 9.11. The van der Waals surface area contributed by atoms with E-state index in [9.17, 15) is 0 Å². The van der Waals surface area contributed by atoms with E-state index in [1.165, 1.54) is 17.6 Å². The van der Waals surface area contributed by atoms with Crippen LogP contribution in [0.5, 0.6) is 0 Å². The molecular formula is C5H3Br2NOS. The third-order valence-electron chi connectivity index (χ3n) is 0.922. The van der Waals surface area contributed by atoms with Gasteiger partial charge in [-0.3, -0.25) is 0 Å². The van der Waals surface area contributed by atoms with Crippen LogP contribution in [0.2, 0.25) is 0 Å². The maximum Gasteiger partial charge on any atom is 0.0799 e. The number of nitrogens with zero attached hydrogens (tertiary/aromatic N) is 1. The summed E-state index contributed by atoms with van der Waals surface area (Å²) in [5.74, 6) is 0. The van der Waals surface area contributed by atoms with Crippen molar-refractivity contribution in [3.63, 3.8) is 0 Å². The molecule has 1 aromatic heterocycles. The first-order valence-corrected chi connectivity index (χ1v) is 4.82. The molecule has 0 saturated carbocycles. The molecule has 1 heterocycles. The average Bonchev–Trinajstić information content (AvgIpc) is 2.20. The van der Waals surface area contributed by atoms with Crippen molar-refractivity contribution < 1.29 is 5.21 Å². The molecule has 1 rings (SSSR count). The van der Waals surface area contributed by atoms with Gasteiger partial charge in [-0.05, 0) is 31.9 Å². The van der Waals surface area contributed by atoms with Gasteiger partial charge in [0.1, 0.15) is 0 Å². The first-order chi connectivity index (χ1) is 4.75. The second kappa shape index (κ2) is 3.50. The summed E-state index contributed by atoms with van der Waals surface area (Å²) in [6.45, 7) is 0. The molecule has 0 aliphatic heterocycles. The fourth-order valence-electron chi connectivity index (χ4n) is 0.494. The fourth-order valence-corrected chi connectivity index (χ4v) is 2.69. The van der Waals surface area contributed by atoms with Crippen molar-refractivity contribution in [3.05, 3.63) is 19.2 Å². The van der Waals surface area contributed by atoms with Gasteiger partial charge < -0.3 is 5.21 Å². The minimum absolute atomic E-state index is 0.868. The van der Waals surface area contributed by atoms with Crippen LogP contribution < -0.4 is 0 Å². The Labute approximate surface area is 78.8 Å². The lowest BCUT2D eigenvalue weighted by atomic mass is 10.4. The molecule has 0 aliphatic carbocycles. The Morgan fingerprint density at radius 1 is 1.60 bits per heavy atom. The van der Waals surface area contributed by atoms with Crippen LogP contribution in [0.4, 0.5) is 0 Å². The molecular weight excluding hydrogens is 282 g/mol. The van der Waals surface area contributed by atoms with E-state index in [0.717, 1.165) is 13.8 Å². The molecule has 0 radical (unpaired) electrons. The molecule has 0 spiro atoms. The molecule has 0 aromatic carbocycles. The Hall–Kier alpha value is 0.130. The standard InChI is InChI=1S/C5H3Br2NOS/c6-4-2-10-5(7)3(4)1-8-9/h1-2,9H/b8-1+. The SMILES string of the molecule is O/N=C/c1c(Br)csc1Br. The molecule has 0 fully saturated rings. The molecule has 0 atom stereocenters. The highest BCUT2D eigenvalue weighted by atomic mass is 79.9. The van der Waals surface area contributed by atoms with Gasteiger partial charge in [0, 0.05) is 15.4 Å². The maximum absolute atomic E-state index is 8.22.